The molecule has 0 saturated heterocycles. The van der Waals surface area contributed by atoms with E-state index >= 15 is 0 Å². The van der Waals surface area contributed by atoms with Crippen LogP contribution in [0.15, 0.2) is 36.5 Å². The lowest BCUT2D eigenvalue weighted by Crippen LogP contribution is -2.29. The Balaban J connectivity index is 2.14. The van der Waals surface area contributed by atoms with E-state index < -0.39 is 18.7 Å². The number of carbonyl (C=O) groups is 1. The number of hydrogen-bond donors (Lipinski definition) is 1. The normalized spacial score (nSPS) is 11.5. The molecule has 2 rings (SSSR count). The zero-order valence-corrected chi connectivity index (χ0v) is 9.57. The summed E-state index contributed by atoms with van der Waals surface area (Å²) in [7, 11) is 0. The highest BCUT2D eigenvalue weighted by Crippen LogP contribution is 2.17. The van der Waals surface area contributed by atoms with Crippen molar-refractivity contribution in [3.8, 4) is 0 Å². The Labute approximate surface area is 106 Å². The average Bonchev–Trinajstić information content (AvgIpc) is 2.36. The summed E-state index contributed by atoms with van der Waals surface area (Å²) in [5.74, 6) is -0.747. The summed E-state index contributed by atoms with van der Waals surface area (Å²) in [6, 6.07) is 8.22. The summed E-state index contributed by atoms with van der Waals surface area (Å²) in [5.41, 5.74) is 2.54. The highest BCUT2D eigenvalue weighted by molar-refractivity contribution is 6.05. The number of rotatable bonds is 3. The predicted octanol–water partition coefficient (Wildman–Crippen LogP) is 2.46. The number of nitrogens with one attached hydrogen (secondary N) is 1. The van der Waals surface area contributed by atoms with Crippen molar-refractivity contribution >= 4 is 16.8 Å². The van der Waals surface area contributed by atoms with Crippen molar-refractivity contribution in [2.24, 2.45) is 0 Å². The summed E-state index contributed by atoms with van der Waals surface area (Å²) in [6.07, 6.45) is -3.09. The van der Waals surface area contributed by atoms with E-state index in [1.54, 1.807) is 29.7 Å². The largest absolute Gasteiger partial charge is 0.414 e. The molecular weight excluding hydrogens is 261 g/mol. The molecule has 0 fully saturated rings. The third-order valence-corrected chi connectivity index (χ3v) is 2.29. The minimum Gasteiger partial charge on any atom is -0.267 e. The first-order valence-corrected chi connectivity index (χ1v) is 5.30. The van der Waals surface area contributed by atoms with Crippen LogP contribution in [0.25, 0.3) is 10.9 Å². The number of nitrogens with zero attached hydrogens (tertiary/aromatic N) is 1. The summed E-state index contributed by atoms with van der Waals surface area (Å²) in [5, 5.41) is 0.540. The fourth-order valence-electron chi connectivity index (χ4n) is 1.53. The summed E-state index contributed by atoms with van der Waals surface area (Å²) in [4.78, 5) is 19.9. The first-order chi connectivity index (χ1) is 8.97. The fraction of sp³-hybridized carbons (Fsp3) is 0.167. The van der Waals surface area contributed by atoms with Crippen molar-refractivity contribution in [2.75, 3.05) is 6.61 Å². The van der Waals surface area contributed by atoms with Crippen LogP contribution in [0.5, 0.6) is 0 Å². The van der Waals surface area contributed by atoms with Crippen LogP contribution in [0, 0.1) is 0 Å². The second-order valence-electron chi connectivity index (χ2n) is 3.71. The first-order valence-electron chi connectivity index (χ1n) is 5.30. The molecule has 2 aromatic rings. The Morgan fingerprint density at radius 3 is 2.74 bits per heavy atom. The predicted molar refractivity (Wildman–Crippen MR) is 61.2 cm³/mol. The Morgan fingerprint density at radius 1 is 1.26 bits per heavy atom. The number of hydrogen-bond acceptors (Lipinski definition) is 3. The molecule has 1 aromatic heterocycles. The number of aromatic nitrogens is 1. The van der Waals surface area contributed by atoms with Gasteiger partial charge < -0.3 is 0 Å². The molecule has 0 bridgehead atoms. The van der Waals surface area contributed by atoms with Crippen molar-refractivity contribution in [1.82, 2.24) is 10.5 Å². The molecule has 100 valence electrons. The molecule has 1 amide bonds. The molecule has 0 aliphatic heterocycles. The average molecular weight is 270 g/mol. The first kappa shape index (κ1) is 13.3. The summed E-state index contributed by atoms with van der Waals surface area (Å²) < 4.78 is 35.6. The van der Waals surface area contributed by atoms with Gasteiger partial charge in [-0.1, -0.05) is 18.2 Å². The molecule has 0 atom stereocenters. The quantitative estimate of drug-likeness (QED) is 0.872. The van der Waals surface area contributed by atoms with Crippen LogP contribution < -0.4 is 5.48 Å². The molecule has 0 saturated carbocycles. The maximum atomic E-state index is 11.9. The number of carbonyl (C=O) groups excluding carboxylic acids is 1. The van der Waals surface area contributed by atoms with Gasteiger partial charge in [-0.3, -0.25) is 14.6 Å². The molecule has 1 aromatic carbocycles. The number of pyridine rings is 1. The smallest absolute Gasteiger partial charge is 0.267 e. The molecule has 1 N–H and O–H groups in total. The number of amides is 1. The molecule has 0 radical (unpaired) electrons. The lowest BCUT2D eigenvalue weighted by atomic mass is 10.1. The molecule has 0 spiro atoms. The van der Waals surface area contributed by atoms with Gasteiger partial charge in [-0.05, 0) is 12.1 Å². The Bertz CT molecular complexity index is 594. The standard InChI is InChI=1S/C12H9F3N2O2/c13-12(14,15)7-19-17-11(18)9-5-6-16-10-4-2-1-3-8(9)10/h1-6H,7H2,(H,17,18). The highest BCUT2D eigenvalue weighted by atomic mass is 19.4. The van der Waals surface area contributed by atoms with Crippen LogP contribution in [0.4, 0.5) is 13.2 Å². The van der Waals surface area contributed by atoms with Gasteiger partial charge in [-0.15, -0.1) is 0 Å². The number of benzene rings is 1. The summed E-state index contributed by atoms with van der Waals surface area (Å²) >= 11 is 0. The van der Waals surface area contributed by atoms with Crippen molar-refractivity contribution < 1.29 is 22.8 Å². The number of halogens is 3. The molecule has 4 nitrogen and oxygen atoms in total. The molecule has 1 heterocycles. The Kier molecular flexibility index (Phi) is 3.66. The number of hydroxylamine groups is 1. The van der Waals surface area contributed by atoms with E-state index in [9.17, 15) is 18.0 Å². The Morgan fingerprint density at radius 2 is 2.00 bits per heavy atom. The SMILES string of the molecule is O=C(NOCC(F)(F)F)c1ccnc2ccccc12. The van der Waals surface area contributed by atoms with Gasteiger partial charge in [0, 0.05) is 11.6 Å². The molecule has 7 heteroatoms. The topological polar surface area (TPSA) is 51.2 Å². The van der Waals surface area contributed by atoms with Crippen molar-refractivity contribution in [2.45, 2.75) is 6.18 Å². The van der Waals surface area contributed by atoms with E-state index in [0.717, 1.165) is 0 Å². The molecule has 0 aliphatic rings. The van der Waals surface area contributed by atoms with Crippen LogP contribution in [-0.4, -0.2) is 23.7 Å². The van der Waals surface area contributed by atoms with Gasteiger partial charge in [0.1, 0.15) is 0 Å². The van der Waals surface area contributed by atoms with Crippen LogP contribution >= 0.6 is 0 Å². The van der Waals surface area contributed by atoms with Gasteiger partial charge in [-0.2, -0.15) is 13.2 Å². The van der Waals surface area contributed by atoms with Crippen LogP contribution in [-0.2, 0) is 4.84 Å². The molecule has 0 unspecified atom stereocenters. The molecular formula is C12H9F3N2O2. The van der Waals surface area contributed by atoms with Gasteiger partial charge in [0.05, 0.1) is 11.1 Å². The lowest BCUT2D eigenvalue weighted by molar-refractivity contribution is -0.184. The van der Waals surface area contributed by atoms with Crippen LogP contribution in [0.1, 0.15) is 10.4 Å². The molecule has 0 aliphatic carbocycles. The van der Waals surface area contributed by atoms with Gasteiger partial charge in [0.2, 0.25) is 0 Å². The third-order valence-electron chi connectivity index (χ3n) is 2.29. The van der Waals surface area contributed by atoms with E-state index in [4.69, 9.17) is 0 Å². The fourth-order valence-corrected chi connectivity index (χ4v) is 1.53. The van der Waals surface area contributed by atoms with Gasteiger partial charge in [-0.25, -0.2) is 5.48 Å². The number of alkyl halides is 3. The summed E-state index contributed by atoms with van der Waals surface area (Å²) in [6.45, 7) is -1.54. The van der Waals surface area contributed by atoms with Crippen molar-refractivity contribution in [1.29, 1.82) is 0 Å². The van der Waals surface area contributed by atoms with Crippen molar-refractivity contribution in [3.63, 3.8) is 0 Å². The van der Waals surface area contributed by atoms with Crippen LogP contribution in [0.3, 0.4) is 0 Å². The number of para-hydroxylation sites is 1. The number of fused-ring (bicyclic) bond motifs is 1. The van der Waals surface area contributed by atoms with E-state index in [2.05, 4.69) is 9.82 Å². The molecule has 19 heavy (non-hydrogen) atoms. The van der Waals surface area contributed by atoms with E-state index in [1.807, 2.05) is 0 Å². The van der Waals surface area contributed by atoms with Gasteiger partial charge in [0.15, 0.2) is 6.61 Å². The van der Waals surface area contributed by atoms with Gasteiger partial charge in [0.25, 0.3) is 5.91 Å². The second-order valence-corrected chi connectivity index (χ2v) is 3.71. The Hall–Kier alpha value is -2.15. The van der Waals surface area contributed by atoms with Crippen LogP contribution in [0.2, 0.25) is 0 Å². The lowest BCUT2D eigenvalue weighted by Gasteiger charge is -2.09. The van der Waals surface area contributed by atoms with Crippen molar-refractivity contribution in [3.05, 3.63) is 42.1 Å². The van der Waals surface area contributed by atoms with E-state index in [0.29, 0.717) is 10.9 Å². The minimum atomic E-state index is -4.49. The highest BCUT2D eigenvalue weighted by Gasteiger charge is 2.28. The minimum absolute atomic E-state index is 0.202. The maximum Gasteiger partial charge on any atom is 0.414 e. The zero-order valence-electron chi connectivity index (χ0n) is 9.57. The monoisotopic (exact) mass is 270 g/mol. The van der Waals surface area contributed by atoms with E-state index in [-0.39, 0.29) is 5.56 Å². The maximum absolute atomic E-state index is 11.9. The van der Waals surface area contributed by atoms with E-state index in [1.165, 1.54) is 12.3 Å². The van der Waals surface area contributed by atoms with Gasteiger partial charge >= 0.3 is 6.18 Å². The zero-order chi connectivity index (χ0) is 13.9. The second kappa shape index (κ2) is 5.23. The third kappa shape index (κ3) is 3.41.